The van der Waals surface area contributed by atoms with Crippen molar-refractivity contribution >= 4 is 17.7 Å². The molecule has 3 fully saturated rings. The van der Waals surface area contributed by atoms with Gasteiger partial charge in [0.2, 0.25) is 11.7 Å². The molecule has 0 unspecified atom stereocenters. The van der Waals surface area contributed by atoms with Gasteiger partial charge in [0, 0.05) is 11.0 Å². The predicted octanol–water partition coefficient (Wildman–Crippen LogP) is 6.80. The third-order valence-electron chi connectivity index (χ3n) is 13.0. The maximum Gasteiger partial charge on any atom is 0.329 e. The van der Waals surface area contributed by atoms with Crippen molar-refractivity contribution < 1.29 is 29.3 Å². The van der Waals surface area contributed by atoms with E-state index in [1.165, 1.54) is 5.57 Å². The highest BCUT2D eigenvalue weighted by Gasteiger charge is 2.68. The highest BCUT2D eigenvalue weighted by atomic mass is 16.5. The lowest BCUT2D eigenvalue weighted by Gasteiger charge is -2.70. The fourth-order valence-corrected chi connectivity index (χ4v) is 9.89. The molecule has 0 aliphatic heterocycles. The molecule has 1 amide bonds. The molecule has 6 atom stereocenters. The molecule has 1 aromatic rings. The highest BCUT2D eigenvalue weighted by molar-refractivity contribution is 6.06. The van der Waals surface area contributed by atoms with Crippen molar-refractivity contribution in [1.82, 2.24) is 5.32 Å². The Morgan fingerprint density at radius 3 is 2.32 bits per heavy atom. The summed E-state index contributed by atoms with van der Waals surface area (Å²) >= 11 is 0. The molecule has 0 heterocycles. The Morgan fingerprint density at radius 1 is 0.977 bits per heavy atom. The van der Waals surface area contributed by atoms with E-state index in [-0.39, 0.29) is 51.4 Å². The van der Waals surface area contributed by atoms with Crippen LogP contribution in [0.3, 0.4) is 0 Å². The van der Waals surface area contributed by atoms with Crippen molar-refractivity contribution in [1.29, 1.82) is 0 Å². The van der Waals surface area contributed by atoms with E-state index < -0.39 is 11.5 Å². The molecule has 44 heavy (non-hydrogen) atoms. The number of aliphatic hydroxyl groups is 1. The maximum atomic E-state index is 13.4. The smallest absolute Gasteiger partial charge is 0.329 e. The number of amides is 1. The molecule has 6 rings (SSSR count). The van der Waals surface area contributed by atoms with Crippen molar-refractivity contribution in [2.75, 3.05) is 7.11 Å². The summed E-state index contributed by atoms with van der Waals surface area (Å²) in [5, 5.41) is 24.1. The Hall–Kier alpha value is -3.61. The van der Waals surface area contributed by atoms with Gasteiger partial charge in [-0.15, -0.1) is 0 Å². The minimum Gasteiger partial charge on any atom is -0.504 e. The molecular weight excluding hydrogens is 554 g/mol. The molecule has 0 spiro atoms. The Morgan fingerprint density at radius 2 is 1.66 bits per heavy atom. The molecule has 0 radical (unpaired) electrons. The topological polar surface area (TPSA) is 113 Å². The second-order valence-electron chi connectivity index (χ2n) is 15.0. The first-order chi connectivity index (χ1) is 20.6. The van der Waals surface area contributed by atoms with Gasteiger partial charge in [-0.05, 0) is 109 Å². The van der Waals surface area contributed by atoms with E-state index in [2.05, 4.69) is 45.2 Å². The van der Waals surface area contributed by atoms with Gasteiger partial charge >= 0.3 is 5.97 Å². The van der Waals surface area contributed by atoms with Crippen molar-refractivity contribution in [3.05, 3.63) is 76.1 Å². The number of hydrogen-bond acceptors (Lipinski definition) is 5. The Labute approximate surface area is 260 Å². The quantitative estimate of drug-likeness (QED) is 0.343. The molecule has 7 nitrogen and oxygen atoms in total. The van der Waals surface area contributed by atoms with E-state index >= 15 is 0 Å². The number of benzene rings is 1. The fraction of sp³-hybridized carbons (Fsp3) is 0.541. The van der Waals surface area contributed by atoms with Crippen LogP contribution >= 0.6 is 0 Å². The van der Waals surface area contributed by atoms with Crippen LogP contribution in [0.4, 0.5) is 0 Å². The van der Waals surface area contributed by atoms with E-state index in [9.17, 15) is 24.6 Å². The maximum absolute atomic E-state index is 13.4. The number of allylic oxidation sites excluding steroid dienone is 7. The van der Waals surface area contributed by atoms with Gasteiger partial charge in [-0.3, -0.25) is 9.59 Å². The van der Waals surface area contributed by atoms with Gasteiger partial charge < -0.3 is 20.3 Å². The number of aliphatic carboxylic acids is 1. The summed E-state index contributed by atoms with van der Waals surface area (Å²) in [6, 6.07) is 7.28. The molecule has 5 aliphatic carbocycles. The molecule has 1 aromatic carbocycles. The number of ketones is 1. The van der Waals surface area contributed by atoms with Crippen LogP contribution in [0.25, 0.3) is 0 Å². The van der Waals surface area contributed by atoms with Crippen LogP contribution in [-0.4, -0.2) is 40.5 Å². The highest BCUT2D eigenvalue weighted by Crippen LogP contribution is 2.75. The monoisotopic (exact) mass is 599 g/mol. The predicted molar refractivity (Wildman–Crippen MR) is 168 cm³/mol. The molecule has 3 N–H and O–H groups in total. The van der Waals surface area contributed by atoms with Crippen molar-refractivity contribution in [2.45, 2.75) is 91.5 Å². The summed E-state index contributed by atoms with van der Waals surface area (Å²) in [4.78, 5) is 39.2. The van der Waals surface area contributed by atoms with E-state index in [1.807, 2.05) is 19.1 Å². The molecule has 5 aliphatic rings. The number of carbonyl (C=O) groups is 3. The zero-order chi connectivity index (χ0) is 31.9. The number of aliphatic hydroxyl groups excluding tert-OH is 1. The van der Waals surface area contributed by atoms with Gasteiger partial charge in [0.05, 0.1) is 13.5 Å². The first kappa shape index (κ1) is 30.4. The van der Waals surface area contributed by atoms with Gasteiger partial charge in [-0.25, -0.2) is 4.79 Å². The van der Waals surface area contributed by atoms with E-state index in [0.717, 1.165) is 48.8 Å². The van der Waals surface area contributed by atoms with E-state index in [0.29, 0.717) is 24.2 Å². The number of ether oxygens (including phenoxy) is 1. The lowest BCUT2D eigenvalue weighted by Crippen LogP contribution is -2.66. The average Bonchev–Trinajstić information content (AvgIpc) is 2.98. The summed E-state index contributed by atoms with van der Waals surface area (Å²) in [5.41, 5.74) is 2.48. The lowest BCUT2D eigenvalue weighted by atomic mass is 9.35. The molecule has 0 bridgehead atoms. The summed E-state index contributed by atoms with van der Waals surface area (Å²) < 4.78 is 5.23. The zero-order valence-electron chi connectivity index (χ0n) is 26.8. The third kappa shape index (κ3) is 4.17. The van der Waals surface area contributed by atoms with Crippen LogP contribution < -0.4 is 10.1 Å². The number of nitrogens with one attached hydrogen (secondary N) is 1. The van der Waals surface area contributed by atoms with Gasteiger partial charge in [0.1, 0.15) is 11.3 Å². The number of carboxylic acids is 1. The second kappa shape index (κ2) is 9.95. The minimum absolute atomic E-state index is 0.0386. The molecule has 0 saturated heterocycles. The zero-order valence-corrected chi connectivity index (χ0v) is 26.8. The molecule has 0 aromatic heterocycles. The van der Waals surface area contributed by atoms with E-state index in [1.54, 1.807) is 25.3 Å². The molecular formula is C37H45NO6. The van der Waals surface area contributed by atoms with Crippen molar-refractivity contribution in [3.63, 3.8) is 0 Å². The first-order valence-corrected chi connectivity index (χ1v) is 15.9. The second-order valence-corrected chi connectivity index (χ2v) is 15.0. The SMILES string of the molecule is COc1ccc(CC(=O)N[C@@]2(C(=O)O)CC[C@]3(C)CC[C@]4(C)C5=CC=C6C(=CC(=O)C(O)=C6C)[C@]5(C)CC[C@@]4(C)[C@@H]3C2)cc1. The van der Waals surface area contributed by atoms with Crippen LogP contribution in [0.2, 0.25) is 0 Å². The lowest BCUT2D eigenvalue weighted by molar-refractivity contribution is -0.173. The van der Waals surface area contributed by atoms with Gasteiger partial charge in [-0.2, -0.15) is 0 Å². The average molecular weight is 600 g/mol. The normalized spacial score (nSPS) is 37.7. The Balaban J connectivity index is 1.34. The fourth-order valence-electron chi connectivity index (χ4n) is 9.89. The van der Waals surface area contributed by atoms with Crippen molar-refractivity contribution in [3.8, 4) is 5.75 Å². The van der Waals surface area contributed by atoms with Crippen molar-refractivity contribution in [2.24, 2.45) is 27.6 Å². The van der Waals surface area contributed by atoms with Gasteiger partial charge in [-0.1, -0.05) is 57.6 Å². The van der Waals surface area contributed by atoms with Gasteiger partial charge in [0.15, 0.2) is 5.76 Å². The Bertz CT molecular complexity index is 1580. The number of carboxylic acid groups (broad SMARTS) is 1. The molecule has 234 valence electrons. The largest absolute Gasteiger partial charge is 0.504 e. The third-order valence-corrected chi connectivity index (χ3v) is 13.0. The summed E-state index contributed by atoms with van der Waals surface area (Å²) in [7, 11) is 1.59. The molecule has 7 heteroatoms. The van der Waals surface area contributed by atoms with Crippen LogP contribution in [-0.2, 0) is 20.8 Å². The first-order valence-electron chi connectivity index (χ1n) is 15.9. The van der Waals surface area contributed by atoms with Crippen LogP contribution in [0.5, 0.6) is 5.75 Å². The number of carbonyl (C=O) groups excluding carboxylic acids is 2. The summed E-state index contributed by atoms with van der Waals surface area (Å²) in [6.07, 6.45) is 11.2. The van der Waals surface area contributed by atoms with Gasteiger partial charge in [0.25, 0.3) is 0 Å². The van der Waals surface area contributed by atoms with E-state index in [4.69, 9.17) is 4.74 Å². The number of fused-ring (bicyclic) bond motifs is 7. The van der Waals surface area contributed by atoms with Crippen LogP contribution in [0, 0.1) is 27.6 Å². The minimum atomic E-state index is -1.33. The number of hydrogen-bond donors (Lipinski definition) is 3. The summed E-state index contributed by atoms with van der Waals surface area (Å²) in [5.74, 6) is -0.984. The van der Waals surface area contributed by atoms with Crippen LogP contribution in [0.1, 0.15) is 85.1 Å². The molecule has 3 saturated carbocycles. The Kier molecular flexibility index (Phi) is 6.88. The number of rotatable bonds is 5. The summed E-state index contributed by atoms with van der Waals surface area (Å²) in [6.45, 7) is 11.1. The number of methoxy groups -OCH3 is 1. The van der Waals surface area contributed by atoms with Crippen LogP contribution in [0.15, 0.2) is 70.5 Å². The standard InChI is InChI=1S/C37H45NO6/c1-22-25-11-12-28-34(3,26(25)20-27(39)31(22)41)15-17-36(5)29-21-37(32(42)43,18-14-33(29,2)13-16-35(28,36)4)38-30(40)19-23-7-9-24(44-6)10-8-23/h7-12,20,29,41H,13-19,21H2,1-6H3,(H,38,40)(H,42,43)/t29-,33+,34+,35-,36+,37+/m1/s1.